The first-order valence-electron chi connectivity index (χ1n) is 7.11. The molecule has 2 aromatic carbocycles. The maximum atomic E-state index is 12.4. The van der Waals surface area contributed by atoms with Crippen LogP contribution in [0.15, 0.2) is 53.0 Å². The molecule has 0 saturated heterocycles. The van der Waals surface area contributed by atoms with Crippen LogP contribution in [0.25, 0.3) is 0 Å². The molecule has 4 nitrogen and oxygen atoms in total. The van der Waals surface area contributed by atoms with Gasteiger partial charge in [-0.1, -0.05) is 62.9 Å². The Morgan fingerprint density at radius 1 is 1.12 bits per heavy atom. The first kappa shape index (κ1) is 22.0. The summed E-state index contributed by atoms with van der Waals surface area (Å²) >= 11 is 28.7. The third-order valence-corrected chi connectivity index (χ3v) is 5.09. The monoisotopic (exact) mass is 605 g/mol. The summed E-state index contributed by atoms with van der Waals surface area (Å²) in [6, 6.07) is 14.4. The Kier molecular flexibility index (Phi) is 8.24. The van der Waals surface area contributed by atoms with Gasteiger partial charge in [0.05, 0.1) is 0 Å². The minimum atomic E-state index is -1.82. The molecule has 1 amide bonds. The first-order valence-corrected chi connectivity index (χ1v) is 10.5. The van der Waals surface area contributed by atoms with Crippen molar-refractivity contribution in [3.05, 3.63) is 62.1 Å². The molecule has 0 saturated carbocycles. The minimum Gasteiger partial charge on any atom is -0.339 e. The van der Waals surface area contributed by atoms with Crippen LogP contribution in [-0.2, 0) is 0 Å². The SMILES string of the molecule is O=C(N[C@H](NC(=S)Nc1cccc(Br)c1)C(Cl)(Cl)Cl)c1cccc(I)c1. The van der Waals surface area contributed by atoms with Crippen molar-refractivity contribution in [3.63, 3.8) is 0 Å². The van der Waals surface area contributed by atoms with Crippen molar-refractivity contribution in [2.75, 3.05) is 5.32 Å². The topological polar surface area (TPSA) is 53.2 Å². The molecule has 0 bridgehead atoms. The number of anilines is 1. The standard InChI is InChI=1S/C16H12BrCl3IN3OS/c17-10-4-2-6-12(8-10)22-15(26)24-14(16(18,19)20)23-13(25)9-3-1-5-11(21)7-9/h1-8,14H,(H,23,25)(H2,22,24,26)/t14-/m1/s1. The number of rotatable bonds is 4. The molecular weight excluding hydrogens is 595 g/mol. The van der Waals surface area contributed by atoms with Crippen LogP contribution in [0.5, 0.6) is 0 Å². The maximum Gasteiger partial charge on any atom is 0.253 e. The Morgan fingerprint density at radius 3 is 2.42 bits per heavy atom. The Bertz CT molecular complexity index is 819. The second kappa shape index (κ2) is 9.75. The summed E-state index contributed by atoms with van der Waals surface area (Å²) < 4.78 is -0.0173. The van der Waals surface area contributed by atoms with E-state index in [1.54, 1.807) is 18.2 Å². The lowest BCUT2D eigenvalue weighted by atomic mass is 10.2. The zero-order chi connectivity index (χ0) is 19.3. The Hall–Kier alpha value is -0.320. The molecule has 0 aliphatic rings. The summed E-state index contributed by atoms with van der Waals surface area (Å²) in [6.45, 7) is 0. The molecule has 0 aliphatic heterocycles. The van der Waals surface area contributed by atoms with Crippen molar-refractivity contribution >= 4 is 102 Å². The number of alkyl halides is 3. The lowest BCUT2D eigenvalue weighted by molar-refractivity contribution is 0.0934. The van der Waals surface area contributed by atoms with Gasteiger partial charge in [0.25, 0.3) is 5.91 Å². The third-order valence-electron chi connectivity index (χ3n) is 3.05. The highest BCUT2D eigenvalue weighted by molar-refractivity contribution is 14.1. The van der Waals surface area contributed by atoms with Crippen molar-refractivity contribution < 1.29 is 4.79 Å². The third kappa shape index (κ3) is 7.01. The number of halogens is 5. The highest BCUT2D eigenvalue weighted by atomic mass is 127. The molecule has 0 fully saturated rings. The van der Waals surface area contributed by atoms with Gasteiger partial charge in [-0.3, -0.25) is 4.79 Å². The van der Waals surface area contributed by atoms with E-state index in [9.17, 15) is 4.79 Å². The van der Waals surface area contributed by atoms with E-state index in [0.29, 0.717) is 5.56 Å². The summed E-state index contributed by atoms with van der Waals surface area (Å²) in [6.07, 6.45) is -1.04. The summed E-state index contributed by atoms with van der Waals surface area (Å²) in [5.41, 5.74) is 1.19. The molecule has 3 N–H and O–H groups in total. The summed E-state index contributed by atoms with van der Waals surface area (Å²) in [5, 5.41) is 8.62. The van der Waals surface area contributed by atoms with E-state index < -0.39 is 15.9 Å². The molecule has 0 heterocycles. The van der Waals surface area contributed by atoms with Crippen LogP contribution in [0.4, 0.5) is 5.69 Å². The molecule has 0 aromatic heterocycles. The largest absolute Gasteiger partial charge is 0.339 e. The van der Waals surface area contributed by atoms with Gasteiger partial charge in [-0.15, -0.1) is 0 Å². The van der Waals surface area contributed by atoms with Gasteiger partial charge < -0.3 is 16.0 Å². The average Bonchev–Trinajstić information content (AvgIpc) is 2.53. The Morgan fingerprint density at radius 2 is 1.81 bits per heavy atom. The van der Waals surface area contributed by atoms with Crippen LogP contribution < -0.4 is 16.0 Å². The highest BCUT2D eigenvalue weighted by Gasteiger charge is 2.34. The lowest BCUT2D eigenvalue weighted by Crippen LogP contribution is -2.56. The molecule has 26 heavy (non-hydrogen) atoms. The summed E-state index contributed by atoms with van der Waals surface area (Å²) in [5.74, 6) is -0.391. The number of hydrogen-bond acceptors (Lipinski definition) is 2. The fourth-order valence-corrected chi connectivity index (χ4v) is 3.41. The van der Waals surface area contributed by atoms with E-state index in [-0.39, 0.29) is 5.11 Å². The van der Waals surface area contributed by atoms with Gasteiger partial charge in [0, 0.05) is 19.3 Å². The van der Waals surface area contributed by atoms with E-state index in [0.717, 1.165) is 13.7 Å². The molecule has 1 atom stereocenters. The minimum absolute atomic E-state index is 0.197. The zero-order valence-corrected chi connectivity index (χ0v) is 19.7. The molecule has 2 aromatic rings. The number of carbonyl (C=O) groups excluding carboxylic acids is 1. The molecule has 2 rings (SSSR count). The van der Waals surface area contributed by atoms with E-state index in [2.05, 4.69) is 54.5 Å². The van der Waals surface area contributed by atoms with Gasteiger partial charge in [0.1, 0.15) is 6.17 Å². The van der Waals surface area contributed by atoms with E-state index >= 15 is 0 Å². The van der Waals surface area contributed by atoms with Crippen molar-refractivity contribution in [2.45, 2.75) is 9.96 Å². The molecule has 0 radical (unpaired) electrons. The molecular formula is C16H12BrCl3IN3OS. The van der Waals surface area contributed by atoms with E-state index in [1.165, 1.54) is 0 Å². The second-order valence-electron chi connectivity index (χ2n) is 5.07. The predicted octanol–water partition coefficient (Wildman–Crippen LogP) is 5.47. The van der Waals surface area contributed by atoms with E-state index in [4.69, 9.17) is 47.0 Å². The molecule has 0 aliphatic carbocycles. The fraction of sp³-hybridized carbons (Fsp3) is 0.125. The molecule has 0 spiro atoms. The van der Waals surface area contributed by atoms with Gasteiger partial charge in [0.15, 0.2) is 5.11 Å². The van der Waals surface area contributed by atoms with Crippen molar-refractivity contribution in [1.82, 2.24) is 10.6 Å². The summed E-state index contributed by atoms with van der Waals surface area (Å²) in [7, 11) is 0. The second-order valence-corrected chi connectivity index (χ2v) is 10.0. The smallest absolute Gasteiger partial charge is 0.253 e. The number of benzene rings is 2. The van der Waals surface area contributed by atoms with E-state index in [1.807, 2.05) is 30.3 Å². The number of hydrogen-bond donors (Lipinski definition) is 3. The predicted molar refractivity (Wildman–Crippen MR) is 124 cm³/mol. The average molecular weight is 608 g/mol. The van der Waals surface area contributed by atoms with Crippen molar-refractivity contribution in [3.8, 4) is 0 Å². The molecule has 138 valence electrons. The number of thiocarbonyl (C=S) groups is 1. The van der Waals surface area contributed by atoms with Gasteiger partial charge in [-0.2, -0.15) is 0 Å². The number of nitrogens with one attached hydrogen (secondary N) is 3. The maximum absolute atomic E-state index is 12.4. The number of amides is 1. The van der Waals surface area contributed by atoms with Crippen molar-refractivity contribution in [1.29, 1.82) is 0 Å². The first-order chi connectivity index (χ1) is 12.1. The normalized spacial score (nSPS) is 12.2. The van der Waals surface area contributed by atoms with Crippen LogP contribution in [0.1, 0.15) is 10.4 Å². The van der Waals surface area contributed by atoms with Gasteiger partial charge in [0.2, 0.25) is 3.79 Å². The van der Waals surface area contributed by atoms with Gasteiger partial charge >= 0.3 is 0 Å². The van der Waals surface area contributed by atoms with Crippen LogP contribution in [0, 0.1) is 3.57 Å². The quantitative estimate of drug-likeness (QED) is 0.187. The lowest BCUT2D eigenvalue weighted by Gasteiger charge is -2.27. The van der Waals surface area contributed by atoms with Crippen LogP contribution in [-0.4, -0.2) is 21.0 Å². The molecule has 0 unspecified atom stereocenters. The Labute approximate surface area is 193 Å². The highest BCUT2D eigenvalue weighted by Crippen LogP contribution is 2.29. The van der Waals surface area contributed by atoms with Crippen LogP contribution >= 0.6 is 85.5 Å². The summed E-state index contributed by atoms with van der Waals surface area (Å²) in [4.78, 5) is 12.4. The van der Waals surface area contributed by atoms with Crippen LogP contribution in [0.3, 0.4) is 0 Å². The van der Waals surface area contributed by atoms with Gasteiger partial charge in [-0.25, -0.2) is 0 Å². The Balaban J connectivity index is 2.07. The van der Waals surface area contributed by atoms with Crippen LogP contribution in [0.2, 0.25) is 0 Å². The molecule has 10 heteroatoms. The number of carbonyl (C=O) groups is 1. The van der Waals surface area contributed by atoms with Gasteiger partial charge in [-0.05, 0) is 71.2 Å². The van der Waals surface area contributed by atoms with Crippen molar-refractivity contribution in [2.24, 2.45) is 0 Å². The zero-order valence-electron chi connectivity index (χ0n) is 12.9. The fourth-order valence-electron chi connectivity index (χ4n) is 1.91.